The van der Waals surface area contributed by atoms with Gasteiger partial charge in [-0.1, -0.05) is 6.92 Å². The Morgan fingerprint density at radius 1 is 1.65 bits per heavy atom. The maximum atomic E-state index is 5.76. The van der Waals surface area contributed by atoms with Gasteiger partial charge in [0.15, 0.2) is 0 Å². The minimum atomic E-state index is 0.151. The lowest BCUT2D eigenvalue weighted by molar-refractivity contribution is 0.0226. The fraction of sp³-hybridized carbons (Fsp3) is 0.750. The molecule has 5 nitrogen and oxygen atoms in total. The molecule has 0 aliphatic carbocycles. The number of rotatable bonds is 5. The van der Waals surface area contributed by atoms with Gasteiger partial charge in [0.1, 0.15) is 6.10 Å². The summed E-state index contributed by atoms with van der Waals surface area (Å²) in [6, 6.07) is 0. The van der Waals surface area contributed by atoms with Gasteiger partial charge in [-0.05, 0) is 13.6 Å². The summed E-state index contributed by atoms with van der Waals surface area (Å²) < 4.78 is 7.96. The third-order valence-corrected chi connectivity index (χ3v) is 3.26. The van der Waals surface area contributed by atoms with E-state index in [0.717, 1.165) is 39.3 Å². The van der Waals surface area contributed by atoms with Crippen LogP contribution in [0.15, 0.2) is 12.5 Å². The van der Waals surface area contributed by atoms with Gasteiger partial charge in [-0.15, -0.1) is 0 Å². The molecule has 2 rings (SSSR count). The van der Waals surface area contributed by atoms with E-state index in [0.29, 0.717) is 0 Å². The molecule has 17 heavy (non-hydrogen) atoms. The number of hydrogen-bond donors (Lipinski definition) is 1. The Morgan fingerprint density at radius 3 is 3.24 bits per heavy atom. The minimum absolute atomic E-state index is 0.151. The van der Waals surface area contributed by atoms with Crippen LogP contribution in [-0.4, -0.2) is 54.3 Å². The Labute approximate surface area is 103 Å². The van der Waals surface area contributed by atoms with E-state index in [1.165, 1.54) is 5.69 Å². The Balaban J connectivity index is 1.95. The summed E-state index contributed by atoms with van der Waals surface area (Å²) in [6.45, 7) is 7.87. The Morgan fingerprint density at radius 2 is 2.53 bits per heavy atom. The molecule has 96 valence electrons. The maximum Gasteiger partial charge on any atom is 0.111 e. The highest BCUT2D eigenvalue weighted by Gasteiger charge is 2.19. The van der Waals surface area contributed by atoms with Crippen molar-refractivity contribution in [3.8, 4) is 0 Å². The first kappa shape index (κ1) is 12.5. The minimum Gasteiger partial charge on any atom is -0.369 e. The lowest BCUT2D eigenvalue weighted by Crippen LogP contribution is -2.34. The number of nitrogens with zero attached hydrogens (tertiary/aromatic N) is 3. The van der Waals surface area contributed by atoms with Gasteiger partial charge in [-0.2, -0.15) is 0 Å². The van der Waals surface area contributed by atoms with Crippen molar-refractivity contribution in [2.45, 2.75) is 19.6 Å². The highest BCUT2D eigenvalue weighted by atomic mass is 16.5. The molecule has 0 radical (unpaired) electrons. The largest absolute Gasteiger partial charge is 0.369 e. The van der Waals surface area contributed by atoms with Crippen LogP contribution in [0.4, 0.5) is 0 Å². The average Bonchev–Trinajstić information content (AvgIpc) is 2.85. The van der Waals surface area contributed by atoms with E-state index in [2.05, 4.69) is 33.7 Å². The van der Waals surface area contributed by atoms with Crippen molar-refractivity contribution in [3.63, 3.8) is 0 Å². The SMILES string of the molecule is CCN(C)CCn1cncc1C1CNCCO1. The zero-order chi connectivity index (χ0) is 12.1. The molecule has 1 fully saturated rings. The van der Waals surface area contributed by atoms with Crippen molar-refractivity contribution < 1.29 is 4.74 Å². The lowest BCUT2D eigenvalue weighted by Gasteiger charge is -2.25. The van der Waals surface area contributed by atoms with Crippen molar-refractivity contribution in [3.05, 3.63) is 18.2 Å². The molecular formula is C12H22N4O. The summed E-state index contributed by atoms with van der Waals surface area (Å²) >= 11 is 0. The van der Waals surface area contributed by atoms with Crippen LogP contribution in [0.5, 0.6) is 0 Å². The van der Waals surface area contributed by atoms with Crippen LogP contribution in [0.3, 0.4) is 0 Å². The molecule has 1 aliphatic heterocycles. The van der Waals surface area contributed by atoms with Crippen molar-refractivity contribution in [2.24, 2.45) is 0 Å². The van der Waals surface area contributed by atoms with Gasteiger partial charge in [-0.3, -0.25) is 0 Å². The highest BCUT2D eigenvalue weighted by molar-refractivity contribution is 5.04. The molecule has 1 aromatic rings. The summed E-state index contributed by atoms with van der Waals surface area (Å²) in [7, 11) is 2.13. The number of nitrogens with one attached hydrogen (secondary N) is 1. The van der Waals surface area contributed by atoms with E-state index in [1.807, 2.05) is 12.5 Å². The van der Waals surface area contributed by atoms with E-state index in [1.54, 1.807) is 0 Å². The van der Waals surface area contributed by atoms with E-state index < -0.39 is 0 Å². The van der Waals surface area contributed by atoms with Crippen LogP contribution in [-0.2, 0) is 11.3 Å². The second kappa shape index (κ2) is 6.14. The molecule has 1 saturated heterocycles. The molecule has 0 bridgehead atoms. The molecule has 2 heterocycles. The fourth-order valence-corrected chi connectivity index (χ4v) is 1.98. The predicted molar refractivity (Wildman–Crippen MR) is 67.0 cm³/mol. The molecule has 0 spiro atoms. The molecular weight excluding hydrogens is 216 g/mol. The zero-order valence-corrected chi connectivity index (χ0v) is 10.7. The molecule has 0 amide bonds. The first-order chi connectivity index (χ1) is 8.31. The summed E-state index contributed by atoms with van der Waals surface area (Å²) in [4.78, 5) is 6.53. The molecule has 0 saturated carbocycles. The predicted octanol–water partition coefficient (Wildman–Crippen LogP) is 0.496. The van der Waals surface area contributed by atoms with Crippen molar-refractivity contribution >= 4 is 0 Å². The molecule has 5 heteroatoms. The van der Waals surface area contributed by atoms with Crippen LogP contribution >= 0.6 is 0 Å². The van der Waals surface area contributed by atoms with Crippen LogP contribution < -0.4 is 5.32 Å². The van der Waals surface area contributed by atoms with Gasteiger partial charge in [0.25, 0.3) is 0 Å². The third-order valence-electron chi connectivity index (χ3n) is 3.26. The monoisotopic (exact) mass is 238 g/mol. The summed E-state index contributed by atoms with van der Waals surface area (Å²) in [5.41, 5.74) is 1.18. The number of morpholine rings is 1. The van der Waals surface area contributed by atoms with Crippen molar-refractivity contribution in [2.75, 3.05) is 39.8 Å². The van der Waals surface area contributed by atoms with Gasteiger partial charge in [0.05, 0.1) is 24.8 Å². The number of likely N-dealkylation sites (N-methyl/N-ethyl adjacent to an activating group) is 1. The first-order valence-electron chi connectivity index (χ1n) is 6.32. The molecule has 1 atom stereocenters. The van der Waals surface area contributed by atoms with Crippen LogP contribution in [0.2, 0.25) is 0 Å². The molecule has 1 aromatic heterocycles. The van der Waals surface area contributed by atoms with Gasteiger partial charge in [0, 0.05) is 26.2 Å². The Bertz CT molecular complexity index is 333. The number of aromatic nitrogens is 2. The van der Waals surface area contributed by atoms with Crippen molar-refractivity contribution in [1.29, 1.82) is 0 Å². The molecule has 1 unspecified atom stereocenters. The lowest BCUT2D eigenvalue weighted by atomic mass is 10.2. The topological polar surface area (TPSA) is 42.3 Å². The highest BCUT2D eigenvalue weighted by Crippen LogP contribution is 2.18. The average molecular weight is 238 g/mol. The standard InChI is InChI=1S/C12H22N4O/c1-3-15(2)5-6-16-10-14-8-11(16)12-9-13-4-7-17-12/h8,10,12-13H,3-7,9H2,1-2H3. The number of hydrogen-bond acceptors (Lipinski definition) is 4. The van der Waals surface area contributed by atoms with E-state index in [-0.39, 0.29) is 6.10 Å². The summed E-state index contributed by atoms with van der Waals surface area (Å²) in [6.07, 6.45) is 3.97. The third kappa shape index (κ3) is 3.28. The summed E-state index contributed by atoms with van der Waals surface area (Å²) in [5, 5.41) is 3.35. The van der Waals surface area contributed by atoms with E-state index >= 15 is 0 Å². The van der Waals surface area contributed by atoms with Gasteiger partial charge >= 0.3 is 0 Å². The first-order valence-corrected chi connectivity index (χ1v) is 6.32. The quantitative estimate of drug-likeness (QED) is 0.811. The molecule has 1 N–H and O–H groups in total. The Kier molecular flexibility index (Phi) is 4.53. The second-order valence-corrected chi connectivity index (χ2v) is 4.47. The van der Waals surface area contributed by atoms with Crippen LogP contribution in [0.25, 0.3) is 0 Å². The normalized spacial score (nSPS) is 21.0. The van der Waals surface area contributed by atoms with Crippen LogP contribution in [0.1, 0.15) is 18.7 Å². The van der Waals surface area contributed by atoms with Gasteiger partial charge in [0.2, 0.25) is 0 Å². The Hall–Kier alpha value is -0.910. The fourth-order valence-electron chi connectivity index (χ4n) is 1.98. The van der Waals surface area contributed by atoms with E-state index in [9.17, 15) is 0 Å². The van der Waals surface area contributed by atoms with Crippen molar-refractivity contribution in [1.82, 2.24) is 19.8 Å². The molecule has 0 aromatic carbocycles. The van der Waals surface area contributed by atoms with E-state index in [4.69, 9.17) is 4.74 Å². The molecule has 1 aliphatic rings. The number of imidazole rings is 1. The summed E-state index contributed by atoms with van der Waals surface area (Å²) in [5.74, 6) is 0. The zero-order valence-electron chi connectivity index (χ0n) is 10.7. The number of ether oxygens (including phenoxy) is 1. The smallest absolute Gasteiger partial charge is 0.111 e. The van der Waals surface area contributed by atoms with Gasteiger partial charge < -0.3 is 19.5 Å². The second-order valence-electron chi connectivity index (χ2n) is 4.47. The maximum absolute atomic E-state index is 5.76. The van der Waals surface area contributed by atoms with Crippen LogP contribution in [0, 0.1) is 0 Å². The van der Waals surface area contributed by atoms with Gasteiger partial charge in [-0.25, -0.2) is 4.98 Å².